The van der Waals surface area contributed by atoms with E-state index >= 15 is 0 Å². The van der Waals surface area contributed by atoms with Gasteiger partial charge in [0.1, 0.15) is 5.60 Å². The van der Waals surface area contributed by atoms with Crippen molar-refractivity contribution in [1.82, 2.24) is 0 Å². The number of carbonyl (C=O) groups excluding carboxylic acids is 1. The van der Waals surface area contributed by atoms with Crippen LogP contribution in [0, 0.1) is 0 Å². The standard InChI is InChI=1S/C16H23NO2/c1-4-15(18)19-16(14-8-6-5-7-9-14)10-11-17(3)13(2)12-16/h5-9,13H,4,10-12H2,1-3H3/p+1/t13-,16+/m1/s1. The van der Waals surface area contributed by atoms with E-state index in [-0.39, 0.29) is 5.97 Å². The molecule has 1 aliphatic heterocycles. The molecule has 1 saturated heterocycles. The second kappa shape index (κ2) is 5.74. The molecule has 0 radical (unpaired) electrons. The number of quaternary nitrogens is 1. The summed E-state index contributed by atoms with van der Waals surface area (Å²) in [4.78, 5) is 13.3. The fourth-order valence-corrected chi connectivity index (χ4v) is 2.86. The van der Waals surface area contributed by atoms with Crippen molar-refractivity contribution in [2.24, 2.45) is 0 Å². The molecule has 0 bridgehead atoms. The number of esters is 1. The molecule has 1 heterocycles. The summed E-state index contributed by atoms with van der Waals surface area (Å²) in [5, 5.41) is 0. The largest absolute Gasteiger partial charge is 0.454 e. The van der Waals surface area contributed by atoms with Crippen molar-refractivity contribution in [3.63, 3.8) is 0 Å². The van der Waals surface area contributed by atoms with Gasteiger partial charge in [-0.2, -0.15) is 0 Å². The molecule has 104 valence electrons. The number of rotatable bonds is 3. The molecule has 1 N–H and O–H groups in total. The zero-order valence-electron chi connectivity index (χ0n) is 12.1. The third-order valence-corrected chi connectivity index (χ3v) is 4.30. The van der Waals surface area contributed by atoms with Crippen molar-refractivity contribution in [2.75, 3.05) is 13.6 Å². The van der Waals surface area contributed by atoms with Gasteiger partial charge in [-0.05, 0) is 12.5 Å². The van der Waals surface area contributed by atoms with Crippen LogP contribution in [-0.2, 0) is 15.1 Å². The minimum atomic E-state index is -0.423. The molecule has 1 aromatic rings. The van der Waals surface area contributed by atoms with E-state index in [1.54, 1.807) is 0 Å². The van der Waals surface area contributed by atoms with Crippen LogP contribution in [0.4, 0.5) is 0 Å². The molecule has 3 nitrogen and oxygen atoms in total. The van der Waals surface area contributed by atoms with Gasteiger partial charge in [0, 0.05) is 19.3 Å². The molecule has 1 fully saturated rings. The second-order valence-electron chi connectivity index (χ2n) is 5.64. The van der Waals surface area contributed by atoms with Gasteiger partial charge in [-0.25, -0.2) is 0 Å². The Morgan fingerprint density at radius 1 is 1.42 bits per heavy atom. The molecule has 1 unspecified atom stereocenters. The molecule has 0 spiro atoms. The molecule has 1 aromatic carbocycles. The summed E-state index contributed by atoms with van der Waals surface area (Å²) in [5.74, 6) is -0.101. The smallest absolute Gasteiger partial charge is 0.306 e. The predicted octanol–water partition coefficient (Wildman–Crippen LogP) is 1.53. The number of carbonyl (C=O) groups is 1. The fraction of sp³-hybridized carbons (Fsp3) is 0.562. The van der Waals surface area contributed by atoms with Gasteiger partial charge in [0.15, 0.2) is 0 Å². The van der Waals surface area contributed by atoms with Crippen LogP contribution in [0.3, 0.4) is 0 Å². The lowest BCUT2D eigenvalue weighted by molar-refractivity contribution is -0.912. The lowest BCUT2D eigenvalue weighted by atomic mass is 9.81. The van der Waals surface area contributed by atoms with E-state index in [9.17, 15) is 4.79 Å². The van der Waals surface area contributed by atoms with Gasteiger partial charge in [0.05, 0.1) is 19.6 Å². The first kappa shape index (κ1) is 14.1. The third-order valence-electron chi connectivity index (χ3n) is 4.30. The average Bonchev–Trinajstić information content (AvgIpc) is 2.44. The van der Waals surface area contributed by atoms with Crippen molar-refractivity contribution < 1.29 is 14.4 Å². The van der Waals surface area contributed by atoms with E-state index in [0.717, 1.165) is 24.9 Å². The maximum absolute atomic E-state index is 11.8. The topological polar surface area (TPSA) is 30.7 Å². The first-order valence-corrected chi connectivity index (χ1v) is 7.17. The highest BCUT2D eigenvalue weighted by atomic mass is 16.6. The highest BCUT2D eigenvalue weighted by Crippen LogP contribution is 2.35. The average molecular weight is 262 g/mol. The van der Waals surface area contributed by atoms with Gasteiger partial charge in [-0.15, -0.1) is 0 Å². The molecule has 0 saturated carbocycles. The van der Waals surface area contributed by atoms with Crippen LogP contribution in [0.25, 0.3) is 0 Å². The minimum Gasteiger partial charge on any atom is -0.454 e. The van der Waals surface area contributed by atoms with Crippen molar-refractivity contribution in [3.05, 3.63) is 35.9 Å². The SMILES string of the molecule is CCC(=O)O[C@@]1(c2ccccc2)CC[NH+](C)[C@H](C)C1. The van der Waals surface area contributed by atoms with Crippen molar-refractivity contribution in [3.8, 4) is 0 Å². The highest BCUT2D eigenvalue weighted by Gasteiger charge is 2.43. The van der Waals surface area contributed by atoms with E-state index in [1.807, 2.05) is 25.1 Å². The van der Waals surface area contributed by atoms with Crippen LogP contribution >= 0.6 is 0 Å². The van der Waals surface area contributed by atoms with Crippen LogP contribution in [0.2, 0.25) is 0 Å². The monoisotopic (exact) mass is 262 g/mol. The van der Waals surface area contributed by atoms with Crippen LogP contribution in [-0.4, -0.2) is 25.6 Å². The molecule has 3 atom stereocenters. The second-order valence-corrected chi connectivity index (χ2v) is 5.64. The number of nitrogens with one attached hydrogen (secondary N) is 1. The first-order chi connectivity index (χ1) is 9.07. The van der Waals surface area contributed by atoms with Gasteiger partial charge in [-0.1, -0.05) is 37.3 Å². The van der Waals surface area contributed by atoms with Crippen LogP contribution in [0.5, 0.6) is 0 Å². The summed E-state index contributed by atoms with van der Waals surface area (Å²) in [6.45, 7) is 5.11. The molecule has 0 aromatic heterocycles. The summed E-state index contributed by atoms with van der Waals surface area (Å²) in [5.41, 5.74) is 0.712. The lowest BCUT2D eigenvalue weighted by Gasteiger charge is -2.41. The number of hydrogen-bond acceptors (Lipinski definition) is 2. The Morgan fingerprint density at radius 2 is 2.11 bits per heavy atom. The molecule has 1 aliphatic rings. The summed E-state index contributed by atoms with van der Waals surface area (Å²) < 4.78 is 5.88. The number of ether oxygens (including phenoxy) is 1. The Bertz CT molecular complexity index is 432. The number of piperidine rings is 1. The zero-order chi connectivity index (χ0) is 13.9. The van der Waals surface area contributed by atoms with Gasteiger partial charge in [0.25, 0.3) is 0 Å². The van der Waals surface area contributed by atoms with E-state index in [2.05, 4.69) is 26.1 Å². The number of hydrogen-bond donors (Lipinski definition) is 1. The Kier molecular flexibility index (Phi) is 4.25. The van der Waals surface area contributed by atoms with E-state index < -0.39 is 5.60 Å². The van der Waals surface area contributed by atoms with E-state index in [1.165, 1.54) is 4.90 Å². The van der Waals surface area contributed by atoms with E-state index in [0.29, 0.717) is 12.5 Å². The Labute approximate surface area is 115 Å². The molecule has 3 heteroatoms. The van der Waals surface area contributed by atoms with E-state index in [4.69, 9.17) is 4.74 Å². The molecular weight excluding hydrogens is 238 g/mol. The molecule has 19 heavy (non-hydrogen) atoms. The summed E-state index contributed by atoms with van der Waals surface area (Å²) >= 11 is 0. The van der Waals surface area contributed by atoms with Crippen molar-refractivity contribution in [2.45, 2.75) is 44.8 Å². The molecule has 0 amide bonds. The Morgan fingerprint density at radius 3 is 2.68 bits per heavy atom. The quantitative estimate of drug-likeness (QED) is 0.838. The Balaban J connectivity index is 2.31. The van der Waals surface area contributed by atoms with Crippen LogP contribution < -0.4 is 4.90 Å². The normalized spacial score (nSPS) is 30.9. The molecular formula is C16H24NO2+. The first-order valence-electron chi connectivity index (χ1n) is 7.17. The van der Waals surface area contributed by atoms with Gasteiger partial charge >= 0.3 is 5.97 Å². The van der Waals surface area contributed by atoms with Gasteiger partial charge in [0.2, 0.25) is 0 Å². The summed E-state index contributed by atoms with van der Waals surface area (Å²) in [6, 6.07) is 10.7. The van der Waals surface area contributed by atoms with Crippen molar-refractivity contribution >= 4 is 5.97 Å². The third kappa shape index (κ3) is 2.98. The minimum absolute atomic E-state index is 0.101. The predicted molar refractivity (Wildman–Crippen MR) is 75.0 cm³/mol. The highest BCUT2D eigenvalue weighted by molar-refractivity contribution is 5.69. The summed E-state index contributed by atoms with van der Waals surface area (Å²) in [6.07, 6.45) is 2.24. The van der Waals surface area contributed by atoms with Crippen LogP contribution in [0.15, 0.2) is 30.3 Å². The molecule has 0 aliphatic carbocycles. The zero-order valence-corrected chi connectivity index (χ0v) is 12.1. The van der Waals surface area contributed by atoms with Crippen molar-refractivity contribution in [1.29, 1.82) is 0 Å². The molecule has 2 rings (SSSR count). The Hall–Kier alpha value is -1.35. The van der Waals surface area contributed by atoms with Gasteiger partial charge < -0.3 is 9.64 Å². The summed E-state index contributed by atoms with van der Waals surface area (Å²) in [7, 11) is 2.21. The maximum atomic E-state index is 11.8. The number of benzene rings is 1. The van der Waals surface area contributed by atoms with Crippen LogP contribution in [0.1, 0.15) is 38.7 Å². The van der Waals surface area contributed by atoms with Gasteiger partial charge in [-0.3, -0.25) is 4.79 Å². The maximum Gasteiger partial charge on any atom is 0.306 e. The lowest BCUT2D eigenvalue weighted by Crippen LogP contribution is -3.14. The number of likely N-dealkylation sites (tertiary alicyclic amines) is 1. The fourth-order valence-electron chi connectivity index (χ4n) is 2.86.